The summed E-state index contributed by atoms with van der Waals surface area (Å²) in [6.45, 7) is 2.57. The van der Waals surface area contributed by atoms with Crippen molar-refractivity contribution < 1.29 is 18.3 Å². The number of nitrogens with zero attached hydrogens (tertiary/aromatic N) is 1. The van der Waals surface area contributed by atoms with Crippen molar-refractivity contribution in [1.29, 1.82) is 0 Å². The fourth-order valence-corrected chi connectivity index (χ4v) is 4.68. The van der Waals surface area contributed by atoms with Crippen molar-refractivity contribution in [3.63, 3.8) is 0 Å². The molecule has 5 nitrogen and oxygen atoms in total. The van der Waals surface area contributed by atoms with Gasteiger partial charge in [0.25, 0.3) is 10.0 Å². The molecule has 0 aromatic heterocycles. The molecule has 0 aliphatic carbocycles. The van der Waals surface area contributed by atoms with Gasteiger partial charge < -0.3 is 5.11 Å². The van der Waals surface area contributed by atoms with Crippen LogP contribution in [0, 0.1) is 0 Å². The van der Waals surface area contributed by atoms with Crippen LogP contribution in [-0.2, 0) is 21.2 Å². The van der Waals surface area contributed by atoms with Gasteiger partial charge in [-0.25, -0.2) is 8.42 Å². The Labute approximate surface area is 148 Å². The summed E-state index contributed by atoms with van der Waals surface area (Å²) < 4.78 is 27.6. The van der Waals surface area contributed by atoms with Crippen molar-refractivity contribution in [2.45, 2.75) is 37.0 Å². The van der Waals surface area contributed by atoms with E-state index in [9.17, 15) is 13.2 Å². The van der Waals surface area contributed by atoms with E-state index in [1.807, 2.05) is 24.3 Å². The van der Waals surface area contributed by atoms with Crippen molar-refractivity contribution in [3.05, 3.63) is 59.7 Å². The highest BCUT2D eigenvalue weighted by molar-refractivity contribution is 7.92. The number of anilines is 1. The molecule has 2 aromatic carbocycles. The van der Waals surface area contributed by atoms with Gasteiger partial charge in [0.05, 0.1) is 10.6 Å². The van der Waals surface area contributed by atoms with Crippen molar-refractivity contribution in [1.82, 2.24) is 0 Å². The topological polar surface area (TPSA) is 74.7 Å². The second-order valence-electron chi connectivity index (χ2n) is 6.36. The minimum atomic E-state index is -3.63. The molecule has 1 unspecified atom stereocenters. The number of fused-ring (bicyclic) bond motifs is 1. The predicted octanol–water partition coefficient (Wildman–Crippen LogP) is 3.41. The van der Waals surface area contributed by atoms with Crippen LogP contribution in [-0.4, -0.2) is 26.0 Å². The average Bonchev–Trinajstić information content (AvgIpc) is 2.60. The van der Waals surface area contributed by atoms with E-state index in [4.69, 9.17) is 5.11 Å². The number of rotatable bonds is 5. The van der Waals surface area contributed by atoms with Crippen LogP contribution in [0.15, 0.2) is 53.4 Å². The lowest BCUT2D eigenvalue weighted by Gasteiger charge is -2.33. The molecule has 0 bridgehead atoms. The highest BCUT2D eigenvalue weighted by atomic mass is 32.2. The standard InChI is InChI=1S/C19H21NO4S/c1-14-12-13-20(18-5-3-2-4-17(14)18)25(23,24)16-9-6-15(7-10-16)8-11-19(21)22/h2-7,9-10,14H,8,11-13H2,1H3,(H,21,22). The number of hydrogen-bond donors (Lipinski definition) is 1. The average molecular weight is 359 g/mol. The summed E-state index contributed by atoms with van der Waals surface area (Å²) in [7, 11) is -3.63. The Morgan fingerprint density at radius 3 is 2.52 bits per heavy atom. The van der Waals surface area contributed by atoms with E-state index < -0.39 is 16.0 Å². The summed E-state index contributed by atoms with van der Waals surface area (Å²) in [4.78, 5) is 10.9. The van der Waals surface area contributed by atoms with Gasteiger partial charge in [0, 0.05) is 13.0 Å². The molecular formula is C19H21NO4S. The van der Waals surface area contributed by atoms with Gasteiger partial charge in [0.2, 0.25) is 0 Å². The summed E-state index contributed by atoms with van der Waals surface area (Å²) >= 11 is 0. The highest BCUT2D eigenvalue weighted by Crippen LogP contribution is 2.37. The molecular weight excluding hydrogens is 338 g/mol. The predicted molar refractivity (Wildman–Crippen MR) is 96.4 cm³/mol. The van der Waals surface area contributed by atoms with Crippen LogP contribution in [0.5, 0.6) is 0 Å². The number of aliphatic carboxylic acids is 1. The summed E-state index contributed by atoms with van der Waals surface area (Å²) in [5.74, 6) is -0.531. The number of carbonyl (C=O) groups is 1. The maximum absolute atomic E-state index is 13.1. The molecule has 0 radical (unpaired) electrons. The van der Waals surface area contributed by atoms with E-state index in [0.717, 1.165) is 23.2 Å². The smallest absolute Gasteiger partial charge is 0.303 e. The summed E-state index contributed by atoms with van der Waals surface area (Å²) in [6.07, 6.45) is 1.20. The SMILES string of the molecule is CC1CCN(S(=O)(=O)c2ccc(CCC(=O)O)cc2)c2ccccc21. The zero-order chi connectivity index (χ0) is 18.0. The van der Waals surface area contributed by atoms with Crippen LogP contribution in [0.25, 0.3) is 0 Å². The number of carboxylic acids is 1. The number of aryl methyl sites for hydroxylation is 1. The lowest BCUT2D eigenvalue weighted by Crippen LogP contribution is -2.36. The van der Waals surface area contributed by atoms with Gasteiger partial charge in [-0.15, -0.1) is 0 Å². The van der Waals surface area contributed by atoms with Crippen molar-refractivity contribution >= 4 is 21.7 Å². The van der Waals surface area contributed by atoms with E-state index in [2.05, 4.69) is 6.92 Å². The van der Waals surface area contributed by atoms with Crippen molar-refractivity contribution in [3.8, 4) is 0 Å². The molecule has 1 heterocycles. The number of carboxylic acid groups (broad SMARTS) is 1. The molecule has 2 aromatic rings. The summed E-state index contributed by atoms with van der Waals surface area (Å²) in [5.41, 5.74) is 2.61. The van der Waals surface area contributed by atoms with Gasteiger partial charge in [-0.1, -0.05) is 37.3 Å². The van der Waals surface area contributed by atoms with Crippen molar-refractivity contribution in [2.24, 2.45) is 0 Å². The lowest BCUT2D eigenvalue weighted by atomic mass is 9.93. The van der Waals surface area contributed by atoms with Crippen molar-refractivity contribution in [2.75, 3.05) is 10.8 Å². The Morgan fingerprint density at radius 1 is 1.16 bits per heavy atom. The second kappa shape index (κ2) is 6.88. The van der Waals surface area contributed by atoms with Gasteiger partial charge in [-0.2, -0.15) is 0 Å². The maximum Gasteiger partial charge on any atom is 0.303 e. The molecule has 1 atom stereocenters. The Hall–Kier alpha value is -2.34. The Morgan fingerprint density at radius 2 is 1.84 bits per heavy atom. The van der Waals surface area contributed by atoms with Gasteiger partial charge in [0.1, 0.15) is 0 Å². The van der Waals surface area contributed by atoms with Crippen LogP contribution in [0.3, 0.4) is 0 Å². The number of para-hydroxylation sites is 1. The fraction of sp³-hybridized carbons (Fsp3) is 0.316. The second-order valence-corrected chi connectivity index (χ2v) is 8.23. The molecule has 25 heavy (non-hydrogen) atoms. The van der Waals surface area contributed by atoms with Crippen LogP contribution in [0.1, 0.15) is 36.8 Å². The molecule has 0 fully saturated rings. The van der Waals surface area contributed by atoms with Crippen LogP contribution >= 0.6 is 0 Å². The van der Waals surface area contributed by atoms with E-state index in [1.54, 1.807) is 24.3 Å². The Balaban J connectivity index is 1.89. The quantitative estimate of drug-likeness (QED) is 0.888. The normalized spacial score (nSPS) is 17.2. The maximum atomic E-state index is 13.1. The van der Waals surface area contributed by atoms with Crippen LogP contribution < -0.4 is 4.31 Å². The molecule has 1 aliphatic rings. The van der Waals surface area contributed by atoms with Gasteiger partial charge in [-0.05, 0) is 48.1 Å². The first-order chi connectivity index (χ1) is 11.9. The molecule has 132 valence electrons. The van der Waals surface area contributed by atoms with Gasteiger partial charge in [-0.3, -0.25) is 9.10 Å². The van der Waals surface area contributed by atoms with E-state index in [1.165, 1.54) is 4.31 Å². The minimum Gasteiger partial charge on any atom is -0.481 e. The highest BCUT2D eigenvalue weighted by Gasteiger charge is 2.31. The van der Waals surface area contributed by atoms with Crippen LogP contribution in [0.4, 0.5) is 5.69 Å². The van der Waals surface area contributed by atoms with Gasteiger partial charge in [0.15, 0.2) is 0 Å². The molecule has 0 saturated carbocycles. The monoisotopic (exact) mass is 359 g/mol. The number of benzene rings is 2. The molecule has 0 spiro atoms. The summed E-state index contributed by atoms with van der Waals surface area (Å²) in [6, 6.07) is 14.1. The first kappa shape index (κ1) is 17.5. The number of sulfonamides is 1. The Bertz CT molecular complexity index is 875. The molecule has 3 rings (SSSR count). The molecule has 1 N–H and O–H groups in total. The molecule has 0 amide bonds. The van der Waals surface area contributed by atoms with E-state index >= 15 is 0 Å². The minimum absolute atomic E-state index is 0.0312. The summed E-state index contributed by atoms with van der Waals surface area (Å²) in [5, 5.41) is 8.74. The third-order valence-corrected chi connectivity index (χ3v) is 6.47. The van der Waals surface area contributed by atoms with Gasteiger partial charge >= 0.3 is 5.97 Å². The molecule has 1 aliphatic heterocycles. The third kappa shape index (κ3) is 3.54. The first-order valence-corrected chi connectivity index (χ1v) is 9.76. The van der Waals surface area contributed by atoms with E-state index in [0.29, 0.717) is 18.9 Å². The molecule has 6 heteroatoms. The third-order valence-electron chi connectivity index (χ3n) is 4.64. The fourth-order valence-electron chi connectivity index (χ4n) is 3.17. The Kier molecular flexibility index (Phi) is 4.81. The zero-order valence-corrected chi connectivity index (χ0v) is 14.9. The largest absolute Gasteiger partial charge is 0.481 e. The molecule has 0 saturated heterocycles. The van der Waals surface area contributed by atoms with E-state index in [-0.39, 0.29) is 11.3 Å². The zero-order valence-electron chi connectivity index (χ0n) is 14.1. The first-order valence-electron chi connectivity index (χ1n) is 8.32. The number of hydrogen-bond acceptors (Lipinski definition) is 3. The lowest BCUT2D eigenvalue weighted by molar-refractivity contribution is -0.136. The van der Waals surface area contributed by atoms with Crippen LogP contribution in [0.2, 0.25) is 0 Å².